The van der Waals surface area contributed by atoms with E-state index in [1.165, 1.54) is 24.8 Å². The highest BCUT2D eigenvalue weighted by molar-refractivity contribution is 6.30. The predicted molar refractivity (Wildman–Crippen MR) is 81.4 cm³/mol. The van der Waals surface area contributed by atoms with Gasteiger partial charge < -0.3 is 5.32 Å². The van der Waals surface area contributed by atoms with Crippen LogP contribution < -0.4 is 5.32 Å². The molecule has 1 nitrogen and oxygen atoms in total. The molecule has 0 saturated carbocycles. The van der Waals surface area contributed by atoms with Crippen molar-refractivity contribution in [2.45, 2.75) is 46.0 Å². The van der Waals surface area contributed by atoms with Gasteiger partial charge in [-0.3, -0.25) is 0 Å². The number of benzene rings is 1. The summed E-state index contributed by atoms with van der Waals surface area (Å²) in [6.45, 7) is 8.98. The Labute approximate surface area is 117 Å². The van der Waals surface area contributed by atoms with Gasteiger partial charge in [0.25, 0.3) is 0 Å². The van der Waals surface area contributed by atoms with Crippen LogP contribution in [0.25, 0.3) is 0 Å². The summed E-state index contributed by atoms with van der Waals surface area (Å²) in [6, 6.07) is 8.34. The first-order valence-corrected chi connectivity index (χ1v) is 7.51. The number of halogens is 1. The van der Waals surface area contributed by atoms with Crippen LogP contribution in [0.15, 0.2) is 24.3 Å². The average molecular weight is 268 g/mol. The van der Waals surface area contributed by atoms with Gasteiger partial charge in [-0.05, 0) is 48.9 Å². The Balaban J connectivity index is 2.66. The van der Waals surface area contributed by atoms with Gasteiger partial charge in [-0.1, -0.05) is 50.9 Å². The van der Waals surface area contributed by atoms with Gasteiger partial charge in [-0.2, -0.15) is 0 Å². The van der Waals surface area contributed by atoms with E-state index < -0.39 is 0 Å². The molecule has 0 spiro atoms. The maximum atomic E-state index is 5.96. The molecular weight excluding hydrogens is 242 g/mol. The van der Waals surface area contributed by atoms with Crippen LogP contribution in [-0.4, -0.2) is 13.1 Å². The van der Waals surface area contributed by atoms with Crippen molar-refractivity contribution in [2.75, 3.05) is 13.1 Å². The fourth-order valence-corrected chi connectivity index (χ4v) is 2.30. The maximum Gasteiger partial charge on any atom is 0.0406 e. The number of nitrogens with one attached hydrogen (secondary N) is 1. The van der Waals surface area contributed by atoms with Crippen LogP contribution in [0.4, 0.5) is 0 Å². The Morgan fingerprint density at radius 1 is 1.17 bits per heavy atom. The molecule has 102 valence electrons. The molecule has 0 aromatic heterocycles. The van der Waals surface area contributed by atoms with E-state index in [1.807, 2.05) is 12.1 Å². The van der Waals surface area contributed by atoms with Crippen molar-refractivity contribution in [3.8, 4) is 0 Å². The largest absolute Gasteiger partial charge is 0.316 e. The highest BCUT2D eigenvalue weighted by Crippen LogP contribution is 2.26. The van der Waals surface area contributed by atoms with Crippen molar-refractivity contribution in [1.82, 2.24) is 5.32 Å². The predicted octanol–water partition coefficient (Wildman–Crippen LogP) is 4.86. The zero-order valence-electron chi connectivity index (χ0n) is 11.9. The smallest absolute Gasteiger partial charge is 0.0406 e. The summed E-state index contributed by atoms with van der Waals surface area (Å²) in [5.41, 5.74) is 1.41. The zero-order chi connectivity index (χ0) is 13.4. The first-order valence-electron chi connectivity index (χ1n) is 7.13. The minimum Gasteiger partial charge on any atom is -0.316 e. The van der Waals surface area contributed by atoms with Crippen molar-refractivity contribution in [1.29, 1.82) is 0 Å². The van der Waals surface area contributed by atoms with Crippen molar-refractivity contribution in [2.24, 2.45) is 5.92 Å². The molecule has 0 aliphatic heterocycles. The molecule has 1 aromatic rings. The SMILES string of the molecule is CCCNCC(CC(C)CC)c1ccc(Cl)cc1. The molecular formula is C16H26ClN. The third kappa shape index (κ3) is 5.41. The minimum atomic E-state index is 0.601. The number of hydrogen-bond acceptors (Lipinski definition) is 1. The van der Waals surface area contributed by atoms with Crippen molar-refractivity contribution in [3.63, 3.8) is 0 Å². The third-order valence-electron chi connectivity index (χ3n) is 3.54. The van der Waals surface area contributed by atoms with Gasteiger partial charge in [0.1, 0.15) is 0 Å². The lowest BCUT2D eigenvalue weighted by Gasteiger charge is -2.21. The van der Waals surface area contributed by atoms with Gasteiger partial charge >= 0.3 is 0 Å². The van der Waals surface area contributed by atoms with Crippen molar-refractivity contribution >= 4 is 11.6 Å². The summed E-state index contributed by atoms with van der Waals surface area (Å²) in [7, 11) is 0. The zero-order valence-corrected chi connectivity index (χ0v) is 12.6. The highest BCUT2D eigenvalue weighted by Gasteiger charge is 2.14. The van der Waals surface area contributed by atoms with Crippen molar-refractivity contribution in [3.05, 3.63) is 34.9 Å². The maximum absolute atomic E-state index is 5.96. The molecule has 2 heteroatoms. The fraction of sp³-hybridized carbons (Fsp3) is 0.625. The lowest BCUT2D eigenvalue weighted by Crippen LogP contribution is -2.23. The monoisotopic (exact) mass is 267 g/mol. The molecule has 0 aliphatic rings. The number of hydrogen-bond donors (Lipinski definition) is 1. The lowest BCUT2D eigenvalue weighted by atomic mass is 9.88. The van der Waals surface area contributed by atoms with Gasteiger partial charge in [0.05, 0.1) is 0 Å². The molecule has 0 bridgehead atoms. The number of rotatable bonds is 8. The van der Waals surface area contributed by atoms with Crippen molar-refractivity contribution < 1.29 is 0 Å². The second-order valence-electron chi connectivity index (χ2n) is 5.20. The van der Waals surface area contributed by atoms with Gasteiger partial charge in [0.15, 0.2) is 0 Å². The second kappa shape index (κ2) is 8.55. The first kappa shape index (κ1) is 15.5. The molecule has 0 aliphatic carbocycles. The van der Waals surface area contributed by atoms with Crippen LogP contribution in [0.3, 0.4) is 0 Å². The Bertz CT molecular complexity index is 320. The molecule has 1 rings (SSSR count). The van der Waals surface area contributed by atoms with Crippen LogP contribution >= 0.6 is 11.6 Å². The molecule has 18 heavy (non-hydrogen) atoms. The molecule has 2 unspecified atom stereocenters. The molecule has 1 N–H and O–H groups in total. The Kier molecular flexibility index (Phi) is 7.38. The quantitative estimate of drug-likeness (QED) is 0.664. The summed E-state index contributed by atoms with van der Waals surface area (Å²) < 4.78 is 0. The Morgan fingerprint density at radius 2 is 1.83 bits per heavy atom. The van der Waals surface area contributed by atoms with Crippen LogP contribution in [0.5, 0.6) is 0 Å². The molecule has 0 amide bonds. The molecule has 0 fully saturated rings. The molecule has 1 aromatic carbocycles. The molecule has 2 atom stereocenters. The summed E-state index contributed by atoms with van der Waals surface area (Å²) in [5.74, 6) is 1.37. The topological polar surface area (TPSA) is 12.0 Å². The van der Waals surface area contributed by atoms with Crippen LogP contribution in [0, 0.1) is 5.92 Å². The molecule has 0 saturated heterocycles. The van der Waals surface area contributed by atoms with Gasteiger partial charge in [-0.15, -0.1) is 0 Å². The van der Waals surface area contributed by atoms with Crippen LogP contribution in [0.2, 0.25) is 5.02 Å². The Morgan fingerprint density at radius 3 is 2.39 bits per heavy atom. The Hall–Kier alpha value is -0.530. The van der Waals surface area contributed by atoms with E-state index in [2.05, 4.69) is 38.2 Å². The first-order chi connectivity index (χ1) is 8.67. The fourth-order valence-electron chi connectivity index (χ4n) is 2.18. The van der Waals surface area contributed by atoms with Gasteiger partial charge in [-0.25, -0.2) is 0 Å². The summed E-state index contributed by atoms with van der Waals surface area (Å²) >= 11 is 5.96. The standard InChI is InChI=1S/C16H26ClN/c1-4-10-18-12-15(11-13(3)5-2)14-6-8-16(17)9-7-14/h6-9,13,15,18H,4-5,10-12H2,1-3H3. The van der Waals surface area contributed by atoms with Crippen LogP contribution in [0.1, 0.15) is 51.5 Å². The van der Waals surface area contributed by atoms with Gasteiger partial charge in [0, 0.05) is 11.6 Å². The van der Waals surface area contributed by atoms with E-state index >= 15 is 0 Å². The second-order valence-corrected chi connectivity index (χ2v) is 5.64. The summed E-state index contributed by atoms with van der Waals surface area (Å²) in [4.78, 5) is 0. The van der Waals surface area contributed by atoms with E-state index in [-0.39, 0.29) is 0 Å². The van der Waals surface area contributed by atoms with E-state index in [0.717, 1.165) is 24.0 Å². The normalized spacial score (nSPS) is 14.4. The highest BCUT2D eigenvalue weighted by atomic mass is 35.5. The van der Waals surface area contributed by atoms with E-state index in [0.29, 0.717) is 5.92 Å². The van der Waals surface area contributed by atoms with Gasteiger partial charge in [0.2, 0.25) is 0 Å². The van der Waals surface area contributed by atoms with E-state index in [9.17, 15) is 0 Å². The lowest BCUT2D eigenvalue weighted by molar-refractivity contribution is 0.436. The van der Waals surface area contributed by atoms with Crippen LogP contribution in [-0.2, 0) is 0 Å². The third-order valence-corrected chi connectivity index (χ3v) is 3.79. The van der Waals surface area contributed by atoms with E-state index in [1.54, 1.807) is 0 Å². The molecule has 0 radical (unpaired) electrons. The summed E-state index contributed by atoms with van der Waals surface area (Å²) in [6.07, 6.45) is 3.68. The average Bonchev–Trinajstić information content (AvgIpc) is 2.38. The van der Waals surface area contributed by atoms with E-state index in [4.69, 9.17) is 11.6 Å². The molecule has 0 heterocycles. The minimum absolute atomic E-state index is 0.601. The summed E-state index contributed by atoms with van der Waals surface area (Å²) in [5, 5.41) is 4.37.